The number of anilines is 2. The summed E-state index contributed by atoms with van der Waals surface area (Å²) in [5, 5.41) is 15.4. The quantitative estimate of drug-likeness (QED) is 0.332. The van der Waals surface area contributed by atoms with E-state index >= 15 is 0 Å². The van der Waals surface area contributed by atoms with Gasteiger partial charge in [0.2, 0.25) is 0 Å². The Balaban J connectivity index is 1.72. The molecule has 0 bridgehead atoms. The van der Waals surface area contributed by atoms with Gasteiger partial charge in [0.15, 0.2) is 0 Å². The number of benzene rings is 2. The lowest BCUT2D eigenvalue weighted by Gasteiger charge is -2.07. The molecule has 0 unspecified atom stereocenters. The number of nitrogens with two attached hydrogens (primary N) is 1. The molecule has 0 aliphatic rings. The topological polar surface area (TPSA) is 130 Å². The molecule has 4 aromatic rings. The lowest BCUT2D eigenvalue weighted by atomic mass is 10.1. The fourth-order valence-corrected chi connectivity index (χ4v) is 4.16. The van der Waals surface area contributed by atoms with Gasteiger partial charge in [0.1, 0.15) is 26.9 Å². The van der Waals surface area contributed by atoms with Gasteiger partial charge < -0.3 is 20.5 Å². The van der Waals surface area contributed by atoms with E-state index in [-0.39, 0.29) is 21.9 Å². The van der Waals surface area contributed by atoms with Crippen LogP contribution in [0.5, 0.6) is 11.5 Å². The molecule has 9 nitrogen and oxygen atoms in total. The molecule has 0 aliphatic carbocycles. The van der Waals surface area contributed by atoms with Gasteiger partial charge in [-0.25, -0.2) is 4.98 Å². The Morgan fingerprint density at radius 1 is 1.23 bits per heavy atom. The van der Waals surface area contributed by atoms with Gasteiger partial charge in [-0.3, -0.25) is 14.9 Å². The van der Waals surface area contributed by atoms with Crippen molar-refractivity contribution in [3.05, 3.63) is 57.5 Å². The van der Waals surface area contributed by atoms with Gasteiger partial charge >= 0.3 is 0 Å². The van der Waals surface area contributed by atoms with Crippen LogP contribution in [0.25, 0.3) is 21.1 Å². The molecule has 31 heavy (non-hydrogen) atoms. The van der Waals surface area contributed by atoms with Crippen molar-refractivity contribution in [1.82, 2.24) is 4.98 Å². The van der Waals surface area contributed by atoms with E-state index < -0.39 is 10.8 Å². The van der Waals surface area contributed by atoms with Crippen LogP contribution in [0.2, 0.25) is 0 Å². The molecular formula is C21H18N4O5S. The number of carbonyl (C=O) groups is 1. The van der Waals surface area contributed by atoms with Crippen LogP contribution >= 0.6 is 11.3 Å². The maximum atomic E-state index is 12.9. The van der Waals surface area contributed by atoms with Gasteiger partial charge in [-0.1, -0.05) is 0 Å². The highest BCUT2D eigenvalue weighted by molar-refractivity contribution is 7.21. The number of nitrogens with zero attached hydrogens (tertiary/aromatic N) is 2. The fourth-order valence-electron chi connectivity index (χ4n) is 3.18. The summed E-state index contributed by atoms with van der Waals surface area (Å²) in [5.74, 6) is 0.482. The van der Waals surface area contributed by atoms with E-state index in [0.717, 1.165) is 28.0 Å². The van der Waals surface area contributed by atoms with Crippen LogP contribution < -0.4 is 20.5 Å². The second kappa shape index (κ2) is 8.07. The van der Waals surface area contributed by atoms with Gasteiger partial charge in [-0.05, 0) is 43.3 Å². The number of ether oxygens (including phenoxy) is 2. The first-order valence-corrected chi connectivity index (χ1v) is 10.1. The fraction of sp³-hybridized carbons (Fsp3) is 0.143. The number of nitro groups is 1. The molecule has 0 saturated heterocycles. The van der Waals surface area contributed by atoms with Crippen LogP contribution in [0.3, 0.4) is 0 Å². The maximum absolute atomic E-state index is 12.9. The molecular weight excluding hydrogens is 420 g/mol. The highest BCUT2D eigenvalue weighted by atomic mass is 32.1. The van der Waals surface area contributed by atoms with Crippen LogP contribution in [0.1, 0.15) is 16.6 Å². The number of carbonyl (C=O) groups excluding carboxylic acids is 1. The second-order valence-corrected chi connectivity index (χ2v) is 7.57. The van der Waals surface area contributed by atoms with Crippen molar-refractivity contribution >= 4 is 55.4 Å². The number of hydrogen-bond acceptors (Lipinski definition) is 8. The Morgan fingerprint density at radius 2 is 2.00 bits per heavy atom. The summed E-state index contributed by atoms with van der Waals surface area (Å²) in [6, 6.07) is 11.6. The van der Waals surface area contributed by atoms with Crippen LogP contribution in [0, 0.1) is 10.1 Å². The molecule has 4 rings (SSSR count). The summed E-state index contributed by atoms with van der Waals surface area (Å²) in [7, 11) is 1.41. The number of nitro benzene ring substituents is 1. The third-order valence-corrected chi connectivity index (χ3v) is 5.77. The molecule has 158 valence electrons. The highest BCUT2D eigenvalue weighted by Crippen LogP contribution is 2.36. The standard InChI is InChI=1S/C21H18N4O5S/c1-3-30-13-5-6-15-11(8-13)9-14-18(22)19(31-21(14)24-15)20(26)23-16-7-4-12(29-2)10-17(16)25(27)28/h4-10H,3,22H2,1-2H3,(H,23,26). The predicted molar refractivity (Wildman–Crippen MR) is 120 cm³/mol. The summed E-state index contributed by atoms with van der Waals surface area (Å²) in [6.45, 7) is 2.45. The van der Waals surface area contributed by atoms with Crippen LogP contribution in [0.4, 0.5) is 17.1 Å². The minimum absolute atomic E-state index is 0.0483. The average Bonchev–Trinajstić information content (AvgIpc) is 3.08. The Hall–Kier alpha value is -3.92. The van der Waals surface area contributed by atoms with Crippen molar-refractivity contribution in [3.63, 3.8) is 0 Å². The highest BCUT2D eigenvalue weighted by Gasteiger charge is 2.22. The van der Waals surface area contributed by atoms with Crippen LogP contribution in [0.15, 0.2) is 42.5 Å². The molecule has 0 atom stereocenters. The molecule has 2 heterocycles. The largest absolute Gasteiger partial charge is 0.496 e. The van der Waals surface area contributed by atoms with E-state index in [4.69, 9.17) is 15.2 Å². The first-order chi connectivity index (χ1) is 14.9. The summed E-state index contributed by atoms with van der Waals surface area (Å²) >= 11 is 1.13. The van der Waals surface area contributed by atoms with E-state index in [9.17, 15) is 14.9 Å². The maximum Gasteiger partial charge on any atom is 0.296 e. The van der Waals surface area contributed by atoms with E-state index in [1.807, 2.05) is 31.2 Å². The summed E-state index contributed by atoms with van der Waals surface area (Å²) in [5.41, 5.74) is 7.03. The number of nitrogens with one attached hydrogen (secondary N) is 1. The molecule has 2 aromatic heterocycles. The zero-order chi connectivity index (χ0) is 22.1. The number of hydrogen-bond donors (Lipinski definition) is 2. The number of aromatic nitrogens is 1. The molecule has 0 radical (unpaired) electrons. The number of pyridine rings is 1. The molecule has 0 fully saturated rings. The lowest BCUT2D eigenvalue weighted by Crippen LogP contribution is -2.13. The Kier molecular flexibility index (Phi) is 5.30. The first-order valence-electron chi connectivity index (χ1n) is 9.30. The number of thiophene rings is 1. The monoisotopic (exact) mass is 438 g/mol. The van der Waals surface area contributed by atoms with E-state index in [2.05, 4.69) is 10.3 Å². The molecule has 1 amide bonds. The minimum Gasteiger partial charge on any atom is -0.496 e. The predicted octanol–water partition coefficient (Wildman–Crippen LogP) is 4.60. The number of nitrogen functional groups attached to an aromatic ring is 1. The van der Waals surface area contributed by atoms with E-state index in [1.54, 1.807) is 0 Å². The smallest absolute Gasteiger partial charge is 0.296 e. The van der Waals surface area contributed by atoms with Crippen LogP contribution in [-0.2, 0) is 0 Å². The zero-order valence-electron chi connectivity index (χ0n) is 16.7. The first kappa shape index (κ1) is 20.4. The van der Waals surface area contributed by atoms with Crippen LogP contribution in [-0.4, -0.2) is 29.5 Å². The van der Waals surface area contributed by atoms with Crippen molar-refractivity contribution in [2.45, 2.75) is 6.92 Å². The summed E-state index contributed by atoms with van der Waals surface area (Å²) < 4.78 is 10.5. The van der Waals surface area contributed by atoms with Crippen molar-refractivity contribution in [2.75, 3.05) is 24.8 Å². The molecule has 0 spiro atoms. The SMILES string of the molecule is CCOc1ccc2nc3sc(C(=O)Nc4ccc(OC)cc4[N+](=O)[O-])c(N)c3cc2c1. The van der Waals surface area contributed by atoms with Crippen molar-refractivity contribution < 1.29 is 19.2 Å². The number of fused-ring (bicyclic) bond motifs is 2. The van der Waals surface area contributed by atoms with Crippen molar-refractivity contribution in [3.8, 4) is 11.5 Å². The Labute approximate surface area is 180 Å². The molecule has 2 aromatic carbocycles. The minimum atomic E-state index is -0.587. The lowest BCUT2D eigenvalue weighted by molar-refractivity contribution is -0.384. The van der Waals surface area contributed by atoms with E-state index in [0.29, 0.717) is 22.6 Å². The molecule has 0 saturated carbocycles. The Bertz CT molecular complexity index is 1330. The third kappa shape index (κ3) is 3.80. The van der Waals surface area contributed by atoms with Gasteiger partial charge in [-0.2, -0.15) is 0 Å². The average molecular weight is 438 g/mol. The summed E-state index contributed by atoms with van der Waals surface area (Å²) in [4.78, 5) is 29.1. The number of methoxy groups -OCH3 is 1. The molecule has 10 heteroatoms. The van der Waals surface area contributed by atoms with Crippen molar-refractivity contribution in [1.29, 1.82) is 0 Å². The van der Waals surface area contributed by atoms with Gasteiger partial charge in [-0.15, -0.1) is 11.3 Å². The molecule has 0 aliphatic heterocycles. The van der Waals surface area contributed by atoms with Gasteiger partial charge in [0.25, 0.3) is 11.6 Å². The third-order valence-electron chi connectivity index (χ3n) is 4.65. The van der Waals surface area contributed by atoms with E-state index in [1.165, 1.54) is 25.3 Å². The molecule has 3 N–H and O–H groups in total. The zero-order valence-corrected chi connectivity index (χ0v) is 17.5. The van der Waals surface area contributed by atoms with Crippen molar-refractivity contribution in [2.24, 2.45) is 0 Å². The Morgan fingerprint density at radius 3 is 2.71 bits per heavy atom. The summed E-state index contributed by atoms with van der Waals surface area (Å²) in [6.07, 6.45) is 0. The number of amides is 1. The van der Waals surface area contributed by atoms with Gasteiger partial charge in [0, 0.05) is 10.8 Å². The number of rotatable bonds is 6. The normalized spacial score (nSPS) is 10.9. The van der Waals surface area contributed by atoms with Gasteiger partial charge in [0.05, 0.1) is 35.9 Å². The second-order valence-electron chi connectivity index (χ2n) is 6.57.